The van der Waals surface area contributed by atoms with Crippen LogP contribution in [-0.4, -0.2) is 45.0 Å². The van der Waals surface area contributed by atoms with Crippen LogP contribution in [0.1, 0.15) is 36.3 Å². The third-order valence-electron chi connectivity index (χ3n) is 6.10. The summed E-state index contributed by atoms with van der Waals surface area (Å²) in [6.45, 7) is 3.25. The number of aryl methyl sites for hydroxylation is 1. The Bertz CT molecular complexity index is 1140. The number of benzene rings is 1. The summed E-state index contributed by atoms with van der Waals surface area (Å²) in [6, 6.07) is 3.85. The van der Waals surface area contributed by atoms with Crippen molar-refractivity contribution in [2.45, 2.75) is 44.2 Å². The van der Waals surface area contributed by atoms with E-state index in [2.05, 4.69) is 20.0 Å². The summed E-state index contributed by atoms with van der Waals surface area (Å²) in [6.07, 6.45) is 4.95. The molecular weight excluding hydrogens is 361 g/mol. The van der Waals surface area contributed by atoms with E-state index in [1.165, 1.54) is 4.68 Å². The Morgan fingerprint density at radius 1 is 1.32 bits per heavy atom. The molecule has 1 N–H and O–H groups in total. The van der Waals surface area contributed by atoms with Gasteiger partial charge in [-0.15, -0.1) is 5.10 Å². The van der Waals surface area contributed by atoms with Crippen LogP contribution in [0.5, 0.6) is 0 Å². The van der Waals surface area contributed by atoms with Crippen molar-refractivity contribution in [2.75, 3.05) is 18.1 Å². The maximum Gasteiger partial charge on any atom is 0.263 e. The fourth-order valence-electron chi connectivity index (χ4n) is 4.52. The third-order valence-corrected chi connectivity index (χ3v) is 6.10. The summed E-state index contributed by atoms with van der Waals surface area (Å²) >= 11 is 0. The Kier molecular flexibility index (Phi) is 3.27. The summed E-state index contributed by atoms with van der Waals surface area (Å²) < 4.78 is 21.9. The predicted molar refractivity (Wildman–Crippen MR) is 102 cm³/mol. The molecule has 3 aliphatic rings. The van der Waals surface area contributed by atoms with Gasteiger partial charge >= 0.3 is 0 Å². The van der Waals surface area contributed by atoms with Gasteiger partial charge in [-0.3, -0.25) is 9.78 Å². The van der Waals surface area contributed by atoms with E-state index in [0.29, 0.717) is 35.2 Å². The van der Waals surface area contributed by atoms with Gasteiger partial charge in [-0.1, -0.05) is 6.07 Å². The number of aromatic amines is 1. The van der Waals surface area contributed by atoms with Gasteiger partial charge in [0, 0.05) is 12.7 Å². The van der Waals surface area contributed by atoms with E-state index in [-0.39, 0.29) is 23.5 Å². The number of anilines is 1. The molecule has 0 amide bonds. The van der Waals surface area contributed by atoms with Crippen molar-refractivity contribution in [3.8, 4) is 5.69 Å². The number of H-pyrrole nitrogens is 1. The van der Waals surface area contributed by atoms with Gasteiger partial charge in [0.15, 0.2) is 5.65 Å². The molecule has 8 heteroatoms. The van der Waals surface area contributed by atoms with Crippen LogP contribution in [-0.2, 0) is 4.74 Å². The van der Waals surface area contributed by atoms with E-state index in [9.17, 15) is 9.18 Å². The van der Waals surface area contributed by atoms with Crippen molar-refractivity contribution in [3.05, 3.63) is 45.6 Å². The van der Waals surface area contributed by atoms with E-state index in [4.69, 9.17) is 4.74 Å². The fraction of sp³-hybridized carbons (Fsp3) is 0.450. The quantitative estimate of drug-likeness (QED) is 0.754. The number of aromatic nitrogens is 4. The molecule has 1 aromatic carbocycles. The molecule has 2 saturated heterocycles. The molecule has 1 saturated carbocycles. The lowest BCUT2D eigenvalue weighted by Gasteiger charge is -2.26. The van der Waals surface area contributed by atoms with E-state index >= 15 is 0 Å². The van der Waals surface area contributed by atoms with Gasteiger partial charge in [0.05, 0.1) is 18.8 Å². The maximum atomic E-state index is 14.9. The van der Waals surface area contributed by atoms with Gasteiger partial charge < -0.3 is 9.64 Å². The third kappa shape index (κ3) is 2.40. The van der Waals surface area contributed by atoms with Gasteiger partial charge in [-0.2, -0.15) is 4.98 Å². The van der Waals surface area contributed by atoms with Crippen LogP contribution in [0, 0.1) is 12.7 Å². The summed E-state index contributed by atoms with van der Waals surface area (Å²) in [7, 11) is 0. The number of morpholine rings is 1. The number of ether oxygens (including phenoxy) is 1. The first kappa shape index (κ1) is 16.2. The number of nitrogens with one attached hydrogen (secondary N) is 1. The van der Waals surface area contributed by atoms with Crippen molar-refractivity contribution in [1.82, 2.24) is 19.7 Å². The maximum absolute atomic E-state index is 14.9. The lowest BCUT2D eigenvalue weighted by atomic mass is 10.1. The monoisotopic (exact) mass is 381 g/mol. The van der Waals surface area contributed by atoms with Crippen LogP contribution >= 0.6 is 0 Å². The summed E-state index contributed by atoms with van der Waals surface area (Å²) in [5.74, 6) is 0.672. The van der Waals surface area contributed by atoms with Gasteiger partial charge in [-0.05, 0) is 49.3 Å². The van der Waals surface area contributed by atoms with Crippen molar-refractivity contribution < 1.29 is 9.13 Å². The standard InChI is InChI=1S/C20H20FN5O2/c1-10-4-12(11-2-3-11)5-16(21)17(10)26-8-15-18(24-26)22-20(23-19(15)27)25-7-14-6-13(25)9-28-14/h4-5,8,11,13-14H,2-3,6-7,9H2,1H3,(H,22,23,24,27)/t13-,14-/m0/s1. The van der Waals surface area contributed by atoms with E-state index < -0.39 is 0 Å². The van der Waals surface area contributed by atoms with Gasteiger partial charge in [-0.25, -0.2) is 9.07 Å². The van der Waals surface area contributed by atoms with Crippen molar-refractivity contribution in [1.29, 1.82) is 0 Å². The average molecular weight is 381 g/mol. The Morgan fingerprint density at radius 2 is 2.18 bits per heavy atom. The molecule has 0 spiro atoms. The Morgan fingerprint density at radius 3 is 2.86 bits per heavy atom. The van der Waals surface area contributed by atoms with Crippen molar-refractivity contribution >= 4 is 17.0 Å². The molecule has 0 radical (unpaired) electrons. The van der Waals surface area contributed by atoms with E-state index in [1.54, 1.807) is 12.3 Å². The molecule has 1 aliphatic carbocycles. The number of halogens is 1. The molecule has 2 aliphatic heterocycles. The van der Waals surface area contributed by atoms with E-state index in [1.807, 2.05) is 13.0 Å². The summed E-state index contributed by atoms with van der Waals surface area (Å²) in [5.41, 5.74) is 2.28. The molecule has 28 heavy (non-hydrogen) atoms. The highest BCUT2D eigenvalue weighted by Crippen LogP contribution is 2.41. The largest absolute Gasteiger partial charge is 0.374 e. The lowest BCUT2D eigenvalue weighted by Crippen LogP contribution is -2.38. The number of hydrogen-bond donors (Lipinski definition) is 1. The van der Waals surface area contributed by atoms with Crippen molar-refractivity contribution in [2.24, 2.45) is 0 Å². The van der Waals surface area contributed by atoms with Crippen LogP contribution in [0.25, 0.3) is 16.7 Å². The number of fused-ring (bicyclic) bond motifs is 3. The molecule has 3 fully saturated rings. The molecule has 2 aromatic heterocycles. The first-order valence-electron chi connectivity index (χ1n) is 9.75. The van der Waals surface area contributed by atoms with Crippen LogP contribution in [0.15, 0.2) is 23.1 Å². The average Bonchev–Trinajstić information content (AvgIpc) is 3.08. The van der Waals surface area contributed by atoms with Crippen molar-refractivity contribution in [3.63, 3.8) is 0 Å². The van der Waals surface area contributed by atoms with Gasteiger partial charge in [0.1, 0.15) is 16.9 Å². The highest BCUT2D eigenvalue weighted by molar-refractivity contribution is 5.75. The molecule has 7 nitrogen and oxygen atoms in total. The first-order chi connectivity index (χ1) is 13.6. The molecule has 2 atom stereocenters. The second-order valence-corrected chi connectivity index (χ2v) is 8.14. The number of nitrogens with zero attached hydrogens (tertiary/aromatic N) is 4. The van der Waals surface area contributed by atoms with Crippen LogP contribution in [0.2, 0.25) is 0 Å². The minimum Gasteiger partial charge on any atom is -0.374 e. The minimum atomic E-state index is -0.319. The first-order valence-corrected chi connectivity index (χ1v) is 9.75. The van der Waals surface area contributed by atoms with E-state index in [0.717, 1.165) is 36.9 Å². The molecule has 4 heterocycles. The molecule has 144 valence electrons. The summed E-state index contributed by atoms with van der Waals surface area (Å²) in [5, 5.41) is 4.79. The molecule has 0 unspecified atom stereocenters. The number of hydrogen-bond acceptors (Lipinski definition) is 5. The molecular formula is C20H20FN5O2. The number of rotatable bonds is 3. The zero-order valence-corrected chi connectivity index (χ0v) is 15.5. The van der Waals surface area contributed by atoms with Gasteiger partial charge in [0.2, 0.25) is 5.95 Å². The molecule has 2 bridgehead atoms. The second kappa shape index (κ2) is 5.64. The Hall–Kier alpha value is -2.74. The van der Waals surface area contributed by atoms with Crippen LogP contribution in [0.3, 0.4) is 0 Å². The summed E-state index contributed by atoms with van der Waals surface area (Å²) in [4.78, 5) is 22.1. The molecule has 6 rings (SSSR count). The zero-order chi connectivity index (χ0) is 19.0. The smallest absolute Gasteiger partial charge is 0.263 e. The van der Waals surface area contributed by atoms with Crippen LogP contribution in [0.4, 0.5) is 10.3 Å². The topological polar surface area (TPSA) is 76.0 Å². The molecule has 3 aromatic rings. The predicted octanol–water partition coefficient (Wildman–Crippen LogP) is 2.41. The SMILES string of the molecule is Cc1cc(C2CC2)cc(F)c1-n1cc2c(=O)[nH]c(N3C[C@@H]4C[C@H]3CO4)nc2n1. The Labute approximate surface area is 160 Å². The zero-order valence-electron chi connectivity index (χ0n) is 15.5. The normalized spacial score (nSPS) is 23.9. The second-order valence-electron chi connectivity index (χ2n) is 8.14. The fourth-order valence-corrected chi connectivity index (χ4v) is 4.52. The highest BCUT2D eigenvalue weighted by Gasteiger charge is 2.40. The van der Waals surface area contributed by atoms with Gasteiger partial charge in [0.25, 0.3) is 5.56 Å². The highest BCUT2D eigenvalue weighted by atomic mass is 19.1. The minimum absolute atomic E-state index is 0.199. The van der Waals surface area contributed by atoms with Crippen LogP contribution < -0.4 is 10.5 Å². The lowest BCUT2D eigenvalue weighted by molar-refractivity contribution is 0.0986. The Balaban J connectivity index is 1.44.